The molecule has 4 heterocycles. The Bertz CT molecular complexity index is 2100. The molecule has 1 aliphatic carbocycles. The van der Waals surface area contributed by atoms with Gasteiger partial charge in [-0.3, -0.25) is 29.4 Å². The molecule has 2 saturated heterocycles. The standard InChI is InChI=1S/C41H45ClN8O7/c1-24-23-49(25(2)22-48(24)28-8-6-26(20-43)34(42)18-28)41(55)45-27-7-13-37(44-21-27)56-15-5-4-14-47(3)29-16-31(17-29)57-30-9-10-32-33(19-30)40(54)50(39(32)53)35-11-12-36(51)46-38(35)52/h6-10,13,18-19,21,24-25,29,31,35H,4-5,11-12,14-17,22-23H2,1-3H3,(H,45,55)(H,46,51,52)/t24-,25+,29?,31?,35+/m0/s1. The van der Waals surface area contributed by atoms with Crippen LogP contribution in [0.2, 0.25) is 5.02 Å². The fraction of sp³-hybridized carbons (Fsp3) is 0.439. The second-order valence-electron chi connectivity index (χ2n) is 15.1. The van der Waals surface area contributed by atoms with Crippen LogP contribution in [-0.4, -0.2) is 113 Å². The maximum absolute atomic E-state index is 13.2. The summed E-state index contributed by atoms with van der Waals surface area (Å²) in [5.74, 6) is -1.16. The SMILES string of the molecule is C[C@@H]1CN(c2ccc(C#N)c(Cl)c2)[C@@H](C)CN1C(=O)Nc1ccc(OCCCCN(C)C2CC(Oc3ccc4c(c3)C(=O)N([C@@H]3CCC(=O)NC3=O)C4=O)C2)nc1. The van der Waals surface area contributed by atoms with Crippen LogP contribution in [0.1, 0.15) is 78.7 Å². The van der Waals surface area contributed by atoms with Crippen LogP contribution in [-0.2, 0) is 9.59 Å². The Kier molecular flexibility index (Phi) is 11.6. The predicted octanol–water partition coefficient (Wildman–Crippen LogP) is 4.84. The minimum absolute atomic E-state index is 0.0200. The molecular formula is C41H45ClN8O7. The number of hydrogen-bond donors (Lipinski definition) is 2. The van der Waals surface area contributed by atoms with E-state index < -0.39 is 29.7 Å². The highest BCUT2D eigenvalue weighted by Gasteiger charge is 2.45. The summed E-state index contributed by atoms with van der Waals surface area (Å²) < 4.78 is 12.0. The molecule has 0 bridgehead atoms. The molecule has 298 valence electrons. The van der Waals surface area contributed by atoms with E-state index >= 15 is 0 Å². The Morgan fingerprint density at radius 1 is 1.02 bits per heavy atom. The summed E-state index contributed by atoms with van der Waals surface area (Å²) in [6.07, 6.45) is 5.18. The summed E-state index contributed by atoms with van der Waals surface area (Å²) in [4.78, 5) is 74.9. The summed E-state index contributed by atoms with van der Waals surface area (Å²) in [6, 6.07) is 15.0. The molecule has 0 spiro atoms. The molecule has 0 radical (unpaired) electrons. The molecule has 3 aromatic rings. The van der Waals surface area contributed by atoms with Gasteiger partial charge in [0.25, 0.3) is 11.8 Å². The molecule has 4 aliphatic rings. The van der Waals surface area contributed by atoms with Crippen molar-refractivity contribution >= 4 is 52.6 Å². The smallest absolute Gasteiger partial charge is 0.322 e. The third-order valence-electron chi connectivity index (χ3n) is 11.2. The molecule has 2 aromatic carbocycles. The molecule has 15 nitrogen and oxygen atoms in total. The van der Waals surface area contributed by atoms with Crippen LogP contribution in [0.3, 0.4) is 0 Å². The number of pyridine rings is 1. The van der Waals surface area contributed by atoms with Gasteiger partial charge in [0.1, 0.15) is 24.0 Å². The number of urea groups is 1. The Morgan fingerprint density at radius 3 is 2.53 bits per heavy atom. The van der Waals surface area contributed by atoms with Crippen LogP contribution >= 0.6 is 11.6 Å². The summed E-state index contributed by atoms with van der Waals surface area (Å²) in [5, 5.41) is 14.8. The van der Waals surface area contributed by atoms with Crippen molar-refractivity contribution in [3.05, 3.63) is 76.4 Å². The van der Waals surface area contributed by atoms with Crippen molar-refractivity contribution in [1.29, 1.82) is 5.26 Å². The quantitative estimate of drug-likeness (QED) is 0.189. The summed E-state index contributed by atoms with van der Waals surface area (Å²) in [7, 11) is 2.09. The average Bonchev–Trinajstić information content (AvgIpc) is 3.41. The molecule has 16 heteroatoms. The predicted molar refractivity (Wildman–Crippen MR) is 210 cm³/mol. The van der Waals surface area contributed by atoms with Gasteiger partial charge in [0.2, 0.25) is 17.7 Å². The van der Waals surface area contributed by atoms with E-state index in [1.807, 2.05) is 17.9 Å². The van der Waals surface area contributed by atoms with E-state index in [9.17, 15) is 29.2 Å². The zero-order chi connectivity index (χ0) is 40.4. The third-order valence-corrected chi connectivity index (χ3v) is 11.5. The number of amides is 6. The highest BCUT2D eigenvalue weighted by Crippen LogP contribution is 2.34. The van der Waals surface area contributed by atoms with Crippen LogP contribution in [0, 0.1) is 11.3 Å². The zero-order valence-corrected chi connectivity index (χ0v) is 32.8. The van der Waals surface area contributed by atoms with Gasteiger partial charge in [-0.2, -0.15) is 5.26 Å². The van der Waals surface area contributed by atoms with Crippen molar-refractivity contribution in [1.82, 2.24) is 25.0 Å². The van der Waals surface area contributed by atoms with Gasteiger partial charge in [0, 0.05) is 62.2 Å². The molecule has 57 heavy (non-hydrogen) atoms. The van der Waals surface area contributed by atoms with Crippen molar-refractivity contribution in [2.24, 2.45) is 0 Å². The Labute approximate surface area is 335 Å². The summed E-state index contributed by atoms with van der Waals surface area (Å²) in [5.41, 5.74) is 2.36. The van der Waals surface area contributed by atoms with E-state index in [2.05, 4.69) is 45.5 Å². The van der Waals surface area contributed by atoms with Gasteiger partial charge in [0.15, 0.2) is 0 Å². The first-order valence-corrected chi connectivity index (χ1v) is 19.6. The van der Waals surface area contributed by atoms with Gasteiger partial charge in [-0.05, 0) is 89.2 Å². The lowest BCUT2D eigenvalue weighted by Crippen LogP contribution is -2.59. The lowest BCUT2D eigenvalue weighted by atomic mass is 9.88. The van der Waals surface area contributed by atoms with E-state index in [1.54, 1.807) is 48.7 Å². The molecule has 1 saturated carbocycles. The summed E-state index contributed by atoms with van der Waals surface area (Å²) >= 11 is 6.28. The molecule has 0 unspecified atom stereocenters. The molecule has 7 rings (SSSR count). The van der Waals surface area contributed by atoms with Crippen LogP contribution in [0.5, 0.6) is 11.6 Å². The number of carbonyl (C=O) groups is 5. The molecule has 3 atom stereocenters. The van der Waals surface area contributed by atoms with Crippen LogP contribution in [0.15, 0.2) is 54.7 Å². The third kappa shape index (κ3) is 8.52. The number of imide groups is 2. The number of carbonyl (C=O) groups excluding carboxylic acids is 5. The number of halogens is 1. The van der Waals surface area contributed by atoms with Crippen molar-refractivity contribution in [3.8, 4) is 17.7 Å². The van der Waals surface area contributed by atoms with Gasteiger partial charge < -0.3 is 29.5 Å². The number of hydrogen-bond acceptors (Lipinski definition) is 11. The number of anilines is 2. The Hall–Kier alpha value is -5.72. The number of piperidine rings is 1. The first-order chi connectivity index (χ1) is 27.4. The normalized spacial score (nSPS) is 23.2. The number of fused-ring (bicyclic) bond motifs is 1. The van der Waals surface area contributed by atoms with Gasteiger partial charge in [-0.1, -0.05) is 11.6 Å². The molecule has 1 aromatic heterocycles. The number of aromatic nitrogens is 1. The number of unbranched alkanes of at least 4 members (excludes halogenated alkanes) is 1. The van der Waals surface area contributed by atoms with E-state index in [1.165, 1.54) is 0 Å². The topological polar surface area (TPSA) is 178 Å². The highest BCUT2D eigenvalue weighted by molar-refractivity contribution is 6.32. The Balaban J connectivity index is 0.787. The van der Waals surface area contributed by atoms with Crippen molar-refractivity contribution in [2.75, 3.05) is 43.5 Å². The van der Waals surface area contributed by atoms with Crippen molar-refractivity contribution in [2.45, 2.75) is 82.6 Å². The molecule has 3 fully saturated rings. The maximum Gasteiger partial charge on any atom is 0.322 e. The van der Waals surface area contributed by atoms with Crippen LogP contribution in [0.25, 0.3) is 0 Å². The minimum atomic E-state index is -1.00. The van der Waals surface area contributed by atoms with Crippen molar-refractivity contribution < 1.29 is 33.4 Å². The van der Waals surface area contributed by atoms with Crippen LogP contribution < -0.4 is 25.0 Å². The largest absolute Gasteiger partial charge is 0.490 e. The van der Waals surface area contributed by atoms with E-state index in [4.69, 9.17) is 21.1 Å². The number of nitrogens with one attached hydrogen (secondary N) is 2. The summed E-state index contributed by atoms with van der Waals surface area (Å²) in [6.45, 7) is 6.59. The molecule has 3 aliphatic heterocycles. The molecule has 2 N–H and O–H groups in total. The fourth-order valence-corrected chi connectivity index (χ4v) is 8.03. The average molecular weight is 797 g/mol. The van der Waals surface area contributed by atoms with Gasteiger partial charge in [0.05, 0.1) is 40.2 Å². The van der Waals surface area contributed by atoms with Gasteiger partial charge >= 0.3 is 6.03 Å². The lowest BCUT2D eigenvalue weighted by Gasteiger charge is -2.45. The van der Waals surface area contributed by atoms with Crippen molar-refractivity contribution in [3.63, 3.8) is 0 Å². The molecule has 6 amide bonds. The van der Waals surface area contributed by atoms with Gasteiger partial charge in [-0.15, -0.1) is 0 Å². The number of ether oxygens (including phenoxy) is 2. The fourth-order valence-electron chi connectivity index (χ4n) is 7.81. The minimum Gasteiger partial charge on any atom is -0.490 e. The monoisotopic (exact) mass is 796 g/mol. The number of rotatable bonds is 12. The van der Waals surface area contributed by atoms with Crippen LogP contribution in [0.4, 0.5) is 16.2 Å². The van der Waals surface area contributed by atoms with Gasteiger partial charge in [-0.25, -0.2) is 9.78 Å². The number of benzene rings is 2. The number of nitriles is 1. The zero-order valence-electron chi connectivity index (χ0n) is 32.1. The first kappa shape index (κ1) is 39.5. The number of nitrogens with zero attached hydrogens (tertiary/aromatic N) is 6. The number of piperazine rings is 1. The Morgan fingerprint density at radius 2 is 1.81 bits per heavy atom. The van der Waals surface area contributed by atoms with E-state index in [-0.39, 0.29) is 48.2 Å². The van der Waals surface area contributed by atoms with E-state index in [0.29, 0.717) is 53.6 Å². The second-order valence-corrected chi connectivity index (χ2v) is 15.6. The molecular weight excluding hydrogens is 752 g/mol. The van der Waals surface area contributed by atoms with E-state index in [0.717, 1.165) is 42.8 Å². The lowest BCUT2D eigenvalue weighted by molar-refractivity contribution is -0.136. The maximum atomic E-state index is 13.2. The highest BCUT2D eigenvalue weighted by atomic mass is 35.5. The second kappa shape index (κ2) is 16.8. The first-order valence-electron chi connectivity index (χ1n) is 19.3.